The first kappa shape index (κ1) is 16.8. The van der Waals surface area contributed by atoms with Crippen LogP contribution in [-0.2, 0) is 0 Å². The summed E-state index contributed by atoms with van der Waals surface area (Å²) in [6.07, 6.45) is 1.05. The fourth-order valence-corrected chi connectivity index (χ4v) is 1.66. The quantitative estimate of drug-likeness (QED) is 0.462. The third-order valence-corrected chi connectivity index (χ3v) is 2.51. The molecule has 0 atom stereocenters. The molecule has 0 fully saturated rings. The van der Waals surface area contributed by atoms with Crippen LogP contribution in [0.3, 0.4) is 0 Å². The fourth-order valence-electron chi connectivity index (χ4n) is 1.66. The molecule has 3 aromatic rings. The molecule has 0 aliphatic heterocycles. The van der Waals surface area contributed by atoms with E-state index in [-0.39, 0.29) is 75.5 Å². The molecule has 0 N–H and O–H groups in total. The van der Waals surface area contributed by atoms with Crippen molar-refractivity contribution in [1.29, 1.82) is 0 Å². The maximum absolute atomic E-state index is 11.5. The topological polar surface area (TPSA) is 124 Å². The van der Waals surface area contributed by atoms with Crippen LogP contribution >= 0.6 is 0 Å². The molecule has 10 heteroatoms. The molecular weight excluding hydrogens is 366 g/mol. The average molecular weight is 372 g/mol. The minimum Gasteiger partial charge on any atom is -0.858 e. The summed E-state index contributed by atoms with van der Waals surface area (Å²) >= 11 is 0. The smallest absolute Gasteiger partial charge is 0.858 e. The van der Waals surface area contributed by atoms with E-state index in [9.17, 15) is 14.7 Å². The van der Waals surface area contributed by atoms with Gasteiger partial charge in [0.15, 0.2) is 5.69 Å². The standard InChI is InChI=1S/C12H8N4O5.Rb/c17-9-5-10(14-6-13-9)20-8-4-2-1-3-7(8)16-11(18)15-21-12(16)19;/h1-6H,(H2,13,14,15,17,18);/q;+1/p-2. The molecule has 0 radical (unpaired) electrons. The molecule has 0 aliphatic carbocycles. The molecule has 22 heavy (non-hydrogen) atoms. The van der Waals surface area contributed by atoms with Crippen LogP contribution in [0.25, 0.3) is 5.69 Å². The number of nitrogens with zero attached hydrogens (tertiary/aromatic N) is 4. The van der Waals surface area contributed by atoms with Crippen molar-refractivity contribution in [2.45, 2.75) is 0 Å². The van der Waals surface area contributed by atoms with Gasteiger partial charge in [0.25, 0.3) is 0 Å². The van der Waals surface area contributed by atoms with Crippen LogP contribution in [0.2, 0.25) is 0 Å². The Labute approximate surface area is 171 Å². The van der Waals surface area contributed by atoms with Gasteiger partial charge >= 0.3 is 63.9 Å². The molecule has 2 aromatic heterocycles. The zero-order valence-electron chi connectivity index (χ0n) is 11.3. The number of rotatable bonds is 3. The van der Waals surface area contributed by atoms with Gasteiger partial charge in [-0.2, -0.15) is 0 Å². The number of ether oxygens (including phenoxy) is 1. The number of aromatic nitrogens is 4. The third-order valence-electron chi connectivity index (χ3n) is 2.51. The van der Waals surface area contributed by atoms with Crippen molar-refractivity contribution in [3.8, 4) is 23.2 Å². The van der Waals surface area contributed by atoms with E-state index >= 15 is 0 Å². The Morgan fingerprint density at radius 3 is 2.68 bits per heavy atom. The number of para-hydroxylation sites is 2. The van der Waals surface area contributed by atoms with E-state index in [2.05, 4.69) is 19.6 Å². The second-order valence-corrected chi connectivity index (χ2v) is 3.83. The largest absolute Gasteiger partial charge is 1.00 e. The number of hydrogen-bond acceptors (Lipinski definition) is 7. The predicted molar refractivity (Wildman–Crippen MR) is 65.4 cm³/mol. The molecule has 0 unspecified atom stereocenters. The van der Waals surface area contributed by atoms with Gasteiger partial charge in [0.05, 0.1) is 0 Å². The van der Waals surface area contributed by atoms with Gasteiger partial charge in [-0.3, -0.25) is 9.78 Å². The molecule has 1 aromatic carbocycles. The maximum atomic E-state index is 11.5. The Hall–Kier alpha value is -1.55. The Morgan fingerprint density at radius 1 is 1.23 bits per heavy atom. The summed E-state index contributed by atoms with van der Waals surface area (Å²) in [4.78, 5) is 30.2. The molecule has 3 rings (SSSR count). The van der Waals surface area contributed by atoms with Gasteiger partial charge in [-0.25, -0.2) is 14.9 Å². The van der Waals surface area contributed by atoms with Crippen molar-refractivity contribution in [2.75, 3.05) is 0 Å². The molecule has 0 saturated carbocycles. The molecule has 2 heterocycles. The summed E-state index contributed by atoms with van der Waals surface area (Å²) in [5.41, 5.74) is -0.747. The van der Waals surface area contributed by atoms with E-state index in [1.54, 1.807) is 12.1 Å². The SMILES string of the molecule is O=c1[n-]oc(=O)n1-c1ccccc1Oc1cc([O-])ncn1.[Rb+]. The zero-order chi connectivity index (χ0) is 14.8. The van der Waals surface area contributed by atoms with Crippen molar-refractivity contribution in [1.82, 2.24) is 19.7 Å². The average Bonchev–Trinajstić information content (AvgIpc) is 2.79. The first-order valence-corrected chi connectivity index (χ1v) is 5.67. The first-order valence-electron chi connectivity index (χ1n) is 5.67. The van der Waals surface area contributed by atoms with Crippen LogP contribution in [0.5, 0.6) is 17.5 Å². The van der Waals surface area contributed by atoms with Crippen LogP contribution in [0, 0.1) is 0 Å². The molecule has 0 aliphatic rings. The first-order chi connectivity index (χ1) is 10.1. The van der Waals surface area contributed by atoms with Crippen LogP contribution in [0.4, 0.5) is 0 Å². The summed E-state index contributed by atoms with van der Waals surface area (Å²) in [7, 11) is 0. The van der Waals surface area contributed by atoms with Crippen molar-refractivity contribution in [2.24, 2.45) is 0 Å². The summed E-state index contributed by atoms with van der Waals surface area (Å²) < 4.78 is 10.4. The summed E-state index contributed by atoms with van der Waals surface area (Å²) in [5, 5.41) is 14.2. The minimum atomic E-state index is -0.941. The van der Waals surface area contributed by atoms with E-state index in [1.807, 2.05) is 0 Å². The second kappa shape index (κ2) is 7.14. The molecule has 0 bridgehead atoms. The molecular formula is C12H6N4O5Rb-. The van der Waals surface area contributed by atoms with Crippen molar-refractivity contribution < 1.29 is 72.6 Å². The van der Waals surface area contributed by atoms with Crippen LogP contribution in [0.15, 0.2) is 50.8 Å². The predicted octanol–water partition coefficient (Wildman–Crippen LogP) is -3.59. The van der Waals surface area contributed by atoms with Gasteiger partial charge in [0.2, 0.25) is 5.88 Å². The number of benzene rings is 1. The van der Waals surface area contributed by atoms with Crippen molar-refractivity contribution in [3.63, 3.8) is 0 Å². The fraction of sp³-hybridized carbons (Fsp3) is 0. The summed E-state index contributed by atoms with van der Waals surface area (Å²) in [5.74, 6) is -1.34. The van der Waals surface area contributed by atoms with E-state index in [4.69, 9.17) is 4.74 Å². The van der Waals surface area contributed by atoms with Crippen LogP contribution in [-0.4, -0.2) is 14.5 Å². The Morgan fingerprint density at radius 2 is 2.00 bits per heavy atom. The van der Waals surface area contributed by atoms with Gasteiger partial charge in [-0.1, -0.05) is 18.2 Å². The Balaban J connectivity index is 0.00000176. The van der Waals surface area contributed by atoms with Gasteiger partial charge < -0.3 is 18.9 Å². The van der Waals surface area contributed by atoms with E-state index < -0.39 is 17.3 Å². The Bertz CT molecular complexity index is 873. The summed E-state index contributed by atoms with van der Waals surface area (Å²) in [6, 6.07) is 7.27. The van der Waals surface area contributed by atoms with E-state index in [0.29, 0.717) is 4.57 Å². The molecule has 0 spiro atoms. The monoisotopic (exact) mass is 371 g/mol. The van der Waals surface area contributed by atoms with Gasteiger partial charge in [0, 0.05) is 11.8 Å². The van der Waals surface area contributed by atoms with Crippen LogP contribution in [0.1, 0.15) is 0 Å². The van der Waals surface area contributed by atoms with Crippen LogP contribution < -0.4 is 84.6 Å². The van der Waals surface area contributed by atoms with Crippen molar-refractivity contribution >= 4 is 0 Å². The zero-order valence-corrected chi connectivity index (χ0v) is 16.2. The second-order valence-electron chi connectivity index (χ2n) is 3.83. The van der Waals surface area contributed by atoms with Gasteiger partial charge in [-0.05, 0) is 11.9 Å². The van der Waals surface area contributed by atoms with E-state index in [0.717, 1.165) is 12.4 Å². The summed E-state index contributed by atoms with van der Waals surface area (Å²) in [6.45, 7) is 0. The minimum absolute atomic E-state index is 0. The molecule has 0 amide bonds. The van der Waals surface area contributed by atoms with Crippen molar-refractivity contribution in [3.05, 3.63) is 57.7 Å². The maximum Gasteiger partial charge on any atom is 1.00 e. The van der Waals surface area contributed by atoms with Gasteiger partial charge in [0.1, 0.15) is 12.1 Å². The molecule has 0 saturated heterocycles. The van der Waals surface area contributed by atoms with E-state index in [1.165, 1.54) is 12.1 Å². The van der Waals surface area contributed by atoms with Gasteiger partial charge in [-0.15, -0.1) is 0 Å². The third kappa shape index (κ3) is 3.43. The number of hydrogen-bond donors (Lipinski definition) is 0. The normalized spacial score (nSPS) is 10.0. The Kier molecular flexibility index (Phi) is 5.45. The molecule has 9 nitrogen and oxygen atoms in total. The molecule has 106 valence electrons.